The van der Waals surface area contributed by atoms with E-state index < -0.39 is 0 Å². The van der Waals surface area contributed by atoms with Crippen molar-refractivity contribution in [3.8, 4) is 6.07 Å². The molecule has 7 heteroatoms. The third-order valence-electron chi connectivity index (χ3n) is 5.16. The maximum absolute atomic E-state index is 12.4. The van der Waals surface area contributed by atoms with Crippen LogP contribution in [0.5, 0.6) is 0 Å². The fourth-order valence-electron chi connectivity index (χ4n) is 3.44. The molecule has 0 radical (unpaired) electrons. The molecule has 1 amide bonds. The first kappa shape index (κ1) is 21.2. The van der Waals surface area contributed by atoms with E-state index in [0.29, 0.717) is 17.0 Å². The monoisotopic (exact) mass is 523 g/mol. The molecule has 3 rings (SSSR count). The molecule has 2 N–H and O–H groups in total. The van der Waals surface area contributed by atoms with Crippen molar-refractivity contribution in [1.29, 1.82) is 5.26 Å². The molecule has 0 saturated heterocycles. The van der Waals surface area contributed by atoms with Crippen LogP contribution in [0.15, 0.2) is 24.3 Å². The van der Waals surface area contributed by atoms with Crippen molar-refractivity contribution in [2.24, 2.45) is 11.3 Å². The topological polar surface area (TPSA) is 64.9 Å². The van der Waals surface area contributed by atoms with E-state index in [0.717, 1.165) is 33.4 Å². The van der Waals surface area contributed by atoms with Gasteiger partial charge in [0.05, 0.1) is 5.56 Å². The summed E-state index contributed by atoms with van der Waals surface area (Å²) in [6, 6.07) is 9.60. The summed E-state index contributed by atoms with van der Waals surface area (Å²) in [7, 11) is 0. The molecular formula is C21H22IN3OS2. The van der Waals surface area contributed by atoms with Crippen LogP contribution in [-0.2, 0) is 12.8 Å². The van der Waals surface area contributed by atoms with Crippen molar-refractivity contribution < 1.29 is 4.79 Å². The summed E-state index contributed by atoms with van der Waals surface area (Å²) >= 11 is 9.10. The predicted octanol–water partition coefficient (Wildman–Crippen LogP) is 5.50. The number of nitriles is 1. The minimum atomic E-state index is -0.262. The second-order valence-corrected chi connectivity index (χ2v) is 10.8. The molecule has 0 spiro atoms. The van der Waals surface area contributed by atoms with Crippen LogP contribution in [0.2, 0.25) is 0 Å². The fraction of sp³-hybridized carbons (Fsp3) is 0.381. The van der Waals surface area contributed by atoms with E-state index in [2.05, 4.69) is 60.1 Å². The molecule has 0 aliphatic heterocycles. The average Bonchev–Trinajstić information content (AvgIpc) is 2.97. The Morgan fingerprint density at radius 3 is 2.61 bits per heavy atom. The fourth-order valence-corrected chi connectivity index (χ4v) is 5.34. The van der Waals surface area contributed by atoms with E-state index in [4.69, 9.17) is 12.2 Å². The molecular weight excluding hydrogens is 501 g/mol. The number of thiophene rings is 1. The molecule has 0 saturated carbocycles. The number of halogens is 1. The smallest absolute Gasteiger partial charge is 0.257 e. The van der Waals surface area contributed by atoms with Gasteiger partial charge in [0.25, 0.3) is 5.91 Å². The van der Waals surface area contributed by atoms with Crippen LogP contribution in [0.1, 0.15) is 53.6 Å². The third kappa shape index (κ3) is 4.73. The van der Waals surface area contributed by atoms with Gasteiger partial charge < -0.3 is 5.32 Å². The van der Waals surface area contributed by atoms with E-state index in [1.165, 1.54) is 4.88 Å². The molecule has 1 unspecified atom stereocenters. The van der Waals surface area contributed by atoms with Crippen molar-refractivity contribution >= 4 is 62.2 Å². The summed E-state index contributed by atoms with van der Waals surface area (Å²) in [5, 5.41) is 16.4. The molecule has 4 nitrogen and oxygen atoms in total. The summed E-state index contributed by atoms with van der Waals surface area (Å²) < 4.78 is 1.06. The molecule has 1 aliphatic carbocycles. The lowest BCUT2D eigenvalue weighted by molar-refractivity contribution is 0.0977. The van der Waals surface area contributed by atoms with Gasteiger partial charge in [-0.2, -0.15) is 5.26 Å². The van der Waals surface area contributed by atoms with E-state index >= 15 is 0 Å². The summed E-state index contributed by atoms with van der Waals surface area (Å²) in [5.74, 6) is 0.340. The number of nitrogens with one attached hydrogen (secondary N) is 2. The number of hydrogen-bond acceptors (Lipinski definition) is 4. The number of rotatable bonds is 2. The van der Waals surface area contributed by atoms with Crippen LogP contribution in [0, 0.1) is 26.2 Å². The maximum Gasteiger partial charge on any atom is 0.257 e. The Morgan fingerprint density at radius 1 is 1.32 bits per heavy atom. The molecule has 1 aromatic carbocycles. The van der Waals surface area contributed by atoms with E-state index in [-0.39, 0.29) is 16.4 Å². The summed E-state index contributed by atoms with van der Waals surface area (Å²) in [5.41, 5.74) is 2.60. The zero-order valence-corrected chi connectivity index (χ0v) is 19.8. The maximum atomic E-state index is 12.4. The van der Waals surface area contributed by atoms with Crippen LogP contribution in [-0.4, -0.2) is 11.0 Å². The lowest BCUT2D eigenvalue weighted by atomic mass is 9.72. The van der Waals surface area contributed by atoms with Gasteiger partial charge in [0.1, 0.15) is 11.1 Å². The summed E-state index contributed by atoms with van der Waals surface area (Å²) in [4.78, 5) is 13.6. The Hall–Kier alpha value is -1.50. The number of thiocarbonyl (C=S) groups is 1. The molecule has 0 bridgehead atoms. The molecule has 0 fully saturated rings. The summed E-state index contributed by atoms with van der Waals surface area (Å²) in [6.45, 7) is 6.82. The molecule has 1 aliphatic rings. The molecule has 2 aromatic rings. The van der Waals surface area contributed by atoms with Gasteiger partial charge in [-0.15, -0.1) is 11.3 Å². The molecule has 1 atom stereocenters. The standard InChI is InChI=1S/C21H22IN3OS2/c1-21(2,3)13-6-9-15-16(11-23)19(28-17(15)10-13)25-20(27)24-18(26)12-4-7-14(22)8-5-12/h4-5,7-8,13H,6,9-10H2,1-3H3,(H2,24,25,26,27). The van der Waals surface area contributed by atoms with Crippen LogP contribution in [0.4, 0.5) is 5.00 Å². The molecule has 1 aromatic heterocycles. The van der Waals surface area contributed by atoms with Crippen molar-refractivity contribution in [2.75, 3.05) is 5.32 Å². The molecule has 146 valence electrons. The highest BCUT2D eigenvalue weighted by molar-refractivity contribution is 14.1. The summed E-state index contributed by atoms with van der Waals surface area (Å²) in [6.07, 6.45) is 3.00. The number of amides is 1. The van der Waals surface area contributed by atoms with Gasteiger partial charge in [-0.05, 0) is 95.2 Å². The second kappa shape index (κ2) is 8.47. The highest BCUT2D eigenvalue weighted by Gasteiger charge is 2.32. The van der Waals surface area contributed by atoms with Crippen LogP contribution in [0.3, 0.4) is 0 Å². The molecule has 1 heterocycles. The number of anilines is 1. The van der Waals surface area contributed by atoms with Gasteiger partial charge in [-0.3, -0.25) is 10.1 Å². The van der Waals surface area contributed by atoms with E-state index in [1.807, 2.05) is 12.1 Å². The largest absolute Gasteiger partial charge is 0.323 e. The number of fused-ring (bicyclic) bond motifs is 1. The van der Waals surface area contributed by atoms with Gasteiger partial charge in [0, 0.05) is 14.0 Å². The Kier molecular flexibility index (Phi) is 6.42. The quantitative estimate of drug-likeness (QED) is 0.403. The van der Waals surface area contributed by atoms with Crippen molar-refractivity contribution in [2.45, 2.75) is 40.0 Å². The number of hydrogen-bond donors (Lipinski definition) is 2. The van der Waals surface area contributed by atoms with Crippen molar-refractivity contribution in [3.63, 3.8) is 0 Å². The highest BCUT2D eigenvalue weighted by atomic mass is 127. The Labute approximate surface area is 188 Å². The van der Waals surface area contributed by atoms with Crippen LogP contribution < -0.4 is 10.6 Å². The van der Waals surface area contributed by atoms with E-state index in [9.17, 15) is 10.1 Å². The van der Waals surface area contributed by atoms with Gasteiger partial charge in [-0.1, -0.05) is 20.8 Å². The number of benzene rings is 1. The Morgan fingerprint density at radius 2 is 2.00 bits per heavy atom. The van der Waals surface area contributed by atoms with Crippen molar-refractivity contribution in [1.82, 2.24) is 5.32 Å². The first-order valence-electron chi connectivity index (χ1n) is 9.11. The Bertz CT molecular complexity index is 952. The highest BCUT2D eigenvalue weighted by Crippen LogP contribution is 2.43. The third-order valence-corrected chi connectivity index (χ3v) is 7.26. The number of carbonyl (C=O) groups excluding carboxylic acids is 1. The SMILES string of the molecule is CC(C)(C)C1CCc2c(sc(NC(=S)NC(=O)c3ccc(I)cc3)c2C#N)C1. The average molecular weight is 523 g/mol. The van der Waals surface area contributed by atoms with Crippen LogP contribution in [0.25, 0.3) is 0 Å². The van der Waals surface area contributed by atoms with Crippen molar-refractivity contribution in [3.05, 3.63) is 49.4 Å². The van der Waals surface area contributed by atoms with Crippen LogP contribution >= 0.6 is 46.1 Å². The van der Waals surface area contributed by atoms with E-state index in [1.54, 1.807) is 23.5 Å². The zero-order chi connectivity index (χ0) is 20.5. The van der Waals surface area contributed by atoms with Gasteiger partial charge in [0.15, 0.2) is 5.11 Å². The van der Waals surface area contributed by atoms with Gasteiger partial charge in [0.2, 0.25) is 0 Å². The zero-order valence-electron chi connectivity index (χ0n) is 16.1. The lowest BCUT2D eigenvalue weighted by Gasteiger charge is -2.33. The minimum absolute atomic E-state index is 0.214. The first-order chi connectivity index (χ1) is 13.2. The first-order valence-corrected chi connectivity index (χ1v) is 11.4. The van der Waals surface area contributed by atoms with Gasteiger partial charge in [-0.25, -0.2) is 0 Å². The second-order valence-electron chi connectivity index (χ2n) is 8.04. The Balaban J connectivity index is 1.73. The minimum Gasteiger partial charge on any atom is -0.323 e. The predicted molar refractivity (Wildman–Crippen MR) is 127 cm³/mol. The van der Waals surface area contributed by atoms with Gasteiger partial charge >= 0.3 is 0 Å². The lowest BCUT2D eigenvalue weighted by Crippen LogP contribution is -2.34. The normalized spacial score (nSPS) is 16.0. The number of nitrogens with zero attached hydrogens (tertiary/aromatic N) is 1. The molecule has 28 heavy (non-hydrogen) atoms. The number of carbonyl (C=O) groups is 1.